The Labute approximate surface area is 179 Å². The number of anilines is 1. The highest BCUT2D eigenvalue weighted by Crippen LogP contribution is 2.28. The van der Waals surface area contributed by atoms with Gasteiger partial charge in [0.25, 0.3) is 5.91 Å². The second-order valence-corrected chi connectivity index (χ2v) is 6.58. The van der Waals surface area contributed by atoms with Gasteiger partial charge in [-0.25, -0.2) is 0 Å². The van der Waals surface area contributed by atoms with E-state index in [0.29, 0.717) is 23.0 Å². The number of ether oxygens (including phenoxy) is 1. The molecule has 0 radical (unpaired) electrons. The third kappa shape index (κ3) is 5.09. The Morgan fingerprint density at radius 1 is 1.00 bits per heavy atom. The molecule has 0 spiro atoms. The Kier molecular flexibility index (Phi) is 5.84. The number of para-hydroxylation sites is 2. The van der Waals surface area contributed by atoms with Crippen molar-refractivity contribution in [1.82, 2.24) is 15.1 Å². The van der Waals surface area contributed by atoms with E-state index in [9.17, 15) is 18.0 Å². The van der Waals surface area contributed by atoms with Crippen LogP contribution in [0.1, 0.15) is 21.8 Å². The first-order valence-electron chi connectivity index (χ1n) is 9.36. The van der Waals surface area contributed by atoms with E-state index in [1.165, 1.54) is 18.2 Å². The minimum absolute atomic E-state index is 0.204. The molecule has 4 aromatic rings. The van der Waals surface area contributed by atoms with Gasteiger partial charge < -0.3 is 14.6 Å². The topological polar surface area (TPSA) is 90.1 Å². The van der Waals surface area contributed by atoms with Crippen molar-refractivity contribution in [3.63, 3.8) is 0 Å². The molecule has 1 N–H and O–H groups in total. The van der Waals surface area contributed by atoms with Crippen molar-refractivity contribution in [2.75, 3.05) is 5.32 Å². The molecular weight excluding hydrogens is 425 g/mol. The second-order valence-electron chi connectivity index (χ2n) is 6.58. The van der Waals surface area contributed by atoms with Crippen LogP contribution in [0.15, 0.2) is 77.6 Å². The third-order valence-electron chi connectivity index (χ3n) is 4.37. The molecule has 10 heteroatoms. The molecule has 32 heavy (non-hydrogen) atoms. The predicted molar refractivity (Wildman–Crippen MR) is 108 cm³/mol. The molecule has 0 aliphatic carbocycles. The number of nitrogens with one attached hydrogen (secondary N) is 1. The first kappa shape index (κ1) is 21.0. The summed E-state index contributed by atoms with van der Waals surface area (Å²) in [5.74, 6) is -0.643. The number of amides is 1. The maximum absolute atomic E-state index is 12.7. The highest BCUT2D eigenvalue weighted by atomic mass is 19.4. The van der Waals surface area contributed by atoms with Crippen LogP contribution < -0.4 is 10.1 Å². The summed E-state index contributed by atoms with van der Waals surface area (Å²) in [6.45, 7) is 0. The van der Waals surface area contributed by atoms with Gasteiger partial charge in [0.15, 0.2) is 0 Å². The molecule has 2 aromatic carbocycles. The van der Waals surface area contributed by atoms with Crippen LogP contribution in [0.3, 0.4) is 0 Å². The van der Waals surface area contributed by atoms with Crippen molar-refractivity contribution in [3.8, 4) is 17.1 Å². The molecule has 1 amide bonds. The first-order chi connectivity index (χ1) is 15.4. The molecule has 7 nitrogen and oxygen atoms in total. The summed E-state index contributed by atoms with van der Waals surface area (Å²) < 4.78 is 47.3. The number of hydrogen-bond acceptors (Lipinski definition) is 6. The number of aromatic nitrogens is 3. The fraction of sp³-hybridized carbons (Fsp3) is 0.0909. The lowest BCUT2D eigenvalue weighted by Crippen LogP contribution is -2.21. The number of alkyl halides is 3. The van der Waals surface area contributed by atoms with Crippen LogP contribution in [0.2, 0.25) is 0 Å². The van der Waals surface area contributed by atoms with Gasteiger partial charge in [0.1, 0.15) is 5.75 Å². The molecule has 0 atom stereocenters. The third-order valence-corrected chi connectivity index (χ3v) is 4.37. The Bertz CT molecular complexity index is 1230. The van der Waals surface area contributed by atoms with Gasteiger partial charge in [-0.2, -0.15) is 4.98 Å². The van der Waals surface area contributed by atoms with Crippen LogP contribution in [0.5, 0.6) is 5.75 Å². The molecule has 0 aliphatic rings. The van der Waals surface area contributed by atoms with Crippen LogP contribution in [0, 0.1) is 0 Å². The highest BCUT2D eigenvalue weighted by molar-refractivity contribution is 6.06. The van der Waals surface area contributed by atoms with Gasteiger partial charge in [-0.1, -0.05) is 35.5 Å². The number of halogens is 3. The maximum atomic E-state index is 12.7. The highest BCUT2D eigenvalue weighted by Gasteiger charge is 2.33. The Morgan fingerprint density at radius 2 is 1.72 bits per heavy atom. The van der Waals surface area contributed by atoms with E-state index >= 15 is 0 Å². The van der Waals surface area contributed by atoms with E-state index in [1.54, 1.807) is 48.8 Å². The summed E-state index contributed by atoms with van der Waals surface area (Å²) in [7, 11) is 0. The predicted octanol–water partition coefficient (Wildman–Crippen LogP) is 4.87. The van der Waals surface area contributed by atoms with Crippen molar-refractivity contribution < 1.29 is 27.2 Å². The van der Waals surface area contributed by atoms with E-state index in [2.05, 4.69) is 25.2 Å². The molecule has 0 aliphatic heterocycles. The molecule has 0 saturated carbocycles. The summed E-state index contributed by atoms with van der Waals surface area (Å²) in [6.07, 6.45) is -1.50. The molecule has 2 heterocycles. The lowest BCUT2D eigenvalue weighted by Gasteiger charge is -2.14. The van der Waals surface area contributed by atoms with Gasteiger partial charge in [-0.15, -0.1) is 13.2 Å². The zero-order valence-electron chi connectivity index (χ0n) is 16.3. The fourth-order valence-corrected chi connectivity index (χ4v) is 2.96. The van der Waals surface area contributed by atoms with Crippen molar-refractivity contribution >= 4 is 11.6 Å². The van der Waals surface area contributed by atoms with Crippen LogP contribution in [0.25, 0.3) is 11.4 Å². The van der Waals surface area contributed by atoms with Gasteiger partial charge in [0, 0.05) is 23.6 Å². The minimum atomic E-state index is -4.92. The molecular formula is C22H15F3N4O3. The number of carbonyl (C=O) groups excluding carboxylic acids is 1. The zero-order valence-corrected chi connectivity index (χ0v) is 16.3. The van der Waals surface area contributed by atoms with E-state index < -0.39 is 18.0 Å². The average Bonchev–Trinajstić information content (AvgIpc) is 3.23. The summed E-state index contributed by atoms with van der Waals surface area (Å²) in [5.41, 5.74) is 1.51. The van der Waals surface area contributed by atoms with Crippen LogP contribution in [0.4, 0.5) is 18.9 Å². The van der Waals surface area contributed by atoms with Crippen LogP contribution in [-0.2, 0) is 6.42 Å². The monoisotopic (exact) mass is 440 g/mol. The largest absolute Gasteiger partial charge is 0.573 e. The number of rotatable bonds is 6. The number of pyridine rings is 1. The summed E-state index contributed by atoms with van der Waals surface area (Å²) in [4.78, 5) is 21.0. The Hall–Kier alpha value is -4.21. The molecule has 0 saturated heterocycles. The van der Waals surface area contributed by atoms with Crippen LogP contribution >= 0.6 is 0 Å². The number of hydrogen-bond donors (Lipinski definition) is 1. The normalized spacial score (nSPS) is 11.2. The minimum Gasteiger partial charge on any atom is -0.405 e. The van der Waals surface area contributed by atoms with Crippen molar-refractivity contribution in [2.45, 2.75) is 12.8 Å². The SMILES string of the molecule is O=C(Nc1ccccc1Cc1nc(-c2ccncc2)no1)c1ccccc1OC(F)(F)F. The lowest BCUT2D eigenvalue weighted by molar-refractivity contribution is -0.274. The zero-order chi connectivity index (χ0) is 22.6. The molecule has 162 valence electrons. The lowest BCUT2D eigenvalue weighted by atomic mass is 10.1. The molecule has 2 aromatic heterocycles. The standard InChI is InChI=1S/C22H15F3N4O3/c23-22(24,25)31-18-8-4-2-6-16(18)21(30)27-17-7-3-1-5-15(17)13-19-28-20(29-32-19)14-9-11-26-12-10-14/h1-12H,13H2,(H,27,30). The maximum Gasteiger partial charge on any atom is 0.573 e. The molecule has 0 bridgehead atoms. The van der Waals surface area contributed by atoms with Gasteiger partial charge in [0.05, 0.1) is 12.0 Å². The molecule has 0 unspecified atom stereocenters. The van der Waals surface area contributed by atoms with Gasteiger partial charge >= 0.3 is 6.36 Å². The number of nitrogens with zero attached hydrogens (tertiary/aromatic N) is 3. The van der Waals surface area contributed by atoms with Crippen LogP contribution in [-0.4, -0.2) is 27.4 Å². The fourth-order valence-electron chi connectivity index (χ4n) is 2.96. The van der Waals surface area contributed by atoms with E-state index in [1.807, 2.05) is 0 Å². The van der Waals surface area contributed by atoms with Gasteiger partial charge in [-0.05, 0) is 35.9 Å². The smallest absolute Gasteiger partial charge is 0.405 e. The van der Waals surface area contributed by atoms with E-state index in [-0.39, 0.29) is 12.0 Å². The van der Waals surface area contributed by atoms with Crippen molar-refractivity contribution in [3.05, 3.63) is 90.1 Å². The Morgan fingerprint density at radius 3 is 2.50 bits per heavy atom. The van der Waals surface area contributed by atoms with Gasteiger partial charge in [-0.3, -0.25) is 9.78 Å². The number of carbonyl (C=O) groups is 1. The quantitative estimate of drug-likeness (QED) is 0.460. The Balaban J connectivity index is 1.54. The second kappa shape index (κ2) is 8.88. The summed E-state index contributed by atoms with van der Waals surface area (Å²) >= 11 is 0. The van der Waals surface area contributed by atoms with E-state index in [4.69, 9.17) is 4.52 Å². The molecule has 4 rings (SSSR count). The van der Waals surface area contributed by atoms with Gasteiger partial charge in [0.2, 0.25) is 11.7 Å². The first-order valence-corrected chi connectivity index (χ1v) is 9.36. The summed E-state index contributed by atoms with van der Waals surface area (Å²) in [5, 5.41) is 6.57. The van der Waals surface area contributed by atoms with E-state index in [0.717, 1.165) is 11.6 Å². The molecule has 0 fully saturated rings. The number of benzene rings is 2. The van der Waals surface area contributed by atoms with Crippen molar-refractivity contribution in [1.29, 1.82) is 0 Å². The van der Waals surface area contributed by atoms with Crippen molar-refractivity contribution in [2.24, 2.45) is 0 Å². The average molecular weight is 440 g/mol. The summed E-state index contributed by atoms with van der Waals surface area (Å²) in [6, 6.07) is 15.4.